The normalized spacial score (nSPS) is 22.0. The van der Waals surface area contributed by atoms with Gasteiger partial charge in [-0.25, -0.2) is 0 Å². The molecule has 8 nitrogen and oxygen atoms in total. The van der Waals surface area contributed by atoms with E-state index in [1.54, 1.807) is 7.05 Å². The van der Waals surface area contributed by atoms with Crippen molar-refractivity contribution in [3.8, 4) is 0 Å². The highest BCUT2D eigenvalue weighted by molar-refractivity contribution is 5.76. The van der Waals surface area contributed by atoms with Crippen LogP contribution in [0.25, 0.3) is 0 Å². The highest BCUT2D eigenvalue weighted by atomic mass is 16.1. The van der Waals surface area contributed by atoms with E-state index in [1.807, 2.05) is 0 Å². The van der Waals surface area contributed by atoms with Crippen molar-refractivity contribution in [2.45, 2.75) is 31.7 Å². The molecule has 0 spiro atoms. The van der Waals surface area contributed by atoms with Gasteiger partial charge in [0.25, 0.3) is 0 Å². The van der Waals surface area contributed by atoms with Crippen LogP contribution in [0.15, 0.2) is 0 Å². The number of piperidine rings is 1. The van der Waals surface area contributed by atoms with Crippen LogP contribution in [-0.2, 0) is 4.79 Å². The molecule has 21 heavy (non-hydrogen) atoms. The minimum Gasteiger partial charge on any atom is -0.357 e. The summed E-state index contributed by atoms with van der Waals surface area (Å²) in [5, 5.41) is 9.13. The van der Waals surface area contributed by atoms with Crippen molar-refractivity contribution in [2.24, 2.45) is 0 Å². The average Bonchev–Trinajstić information content (AvgIpc) is 3.04. The Morgan fingerprint density at radius 2 is 1.95 bits per heavy atom. The van der Waals surface area contributed by atoms with Gasteiger partial charge in [-0.3, -0.25) is 4.79 Å². The minimum absolute atomic E-state index is 0.109. The SMILES string of the molecule is CNc1nc(NC2CCC(=O)NC2)nc(N2CCCC2)n1. The maximum atomic E-state index is 11.2. The molecule has 0 radical (unpaired) electrons. The molecule has 0 aliphatic carbocycles. The monoisotopic (exact) mass is 291 g/mol. The third-order valence-electron chi connectivity index (χ3n) is 3.83. The van der Waals surface area contributed by atoms with Crippen LogP contribution in [-0.4, -0.2) is 53.6 Å². The summed E-state index contributed by atoms with van der Waals surface area (Å²) in [6.07, 6.45) is 3.70. The van der Waals surface area contributed by atoms with Gasteiger partial charge in [0.15, 0.2) is 0 Å². The molecule has 2 aliphatic heterocycles. The molecule has 0 aromatic carbocycles. The molecule has 1 amide bonds. The molecular weight excluding hydrogens is 270 g/mol. The molecule has 0 saturated carbocycles. The lowest BCUT2D eigenvalue weighted by atomic mass is 10.1. The molecular formula is C13H21N7O. The van der Waals surface area contributed by atoms with E-state index < -0.39 is 0 Å². The number of nitrogens with zero attached hydrogens (tertiary/aromatic N) is 4. The van der Waals surface area contributed by atoms with Crippen LogP contribution in [0.2, 0.25) is 0 Å². The number of hydrogen-bond donors (Lipinski definition) is 3. The quantitative estimate of drug-likeness (QED) is 0.729. The van der Waals surface area contributed by atoms with E-state index in [9.17, 15) is 4.79 Å². The predicted molar refractivity (Wildman–Crippen MR) is 80.5 cm³/mol. The lowest BCUT2D eigenvalue weighted by molar-refractivity contribution is -0.122. The van der Waals surface area contributed by atoms with Crippen molar-refractivity contribution in [1.82, 2.24) is 20.3 Å². The Morgan fingerprint density at radius 3 is 2.62 bits per heavy atom. The number of anilines is 3. The Balaban J connectivity index is 1.74. The van der Waals surface area contributed by atoms with Crippen molar-refractivity contribution < 1.29 is 4.79 Å². The molecule has 2 fully saturated rings. The molecule has 1 aromatic rings. The van der Waals surface area contributed by atoms with Gasteiger partial charge in [0, 0.05) is 39.1 Å². The van der Waals surface area contributed by atoms with E-state index in [0.717, 1.165) is 19.5 Å². The third kappa shape index (κ3) is 3.32. The van der Waals surface area contributed by atoms with Gasteiger partial charge in [0.1, 0.15) is 0 Å². The molecule has 1 unspecified atom stereocenters. The number of nitrogens with one attached hydrogen (secondary N) is 3. The Bertz CT molecular complexity index is 505. The van der Waals surface area contributed by atoms with Gasteiger partial charge < -0.3 is 20.9 Å². The van der Waals surface area contributed by atoms with E-state index in [0.29, 0.717) is 30.8 Å². The summed E-state index contributed by atoms with van der Waals surface area (Å²) < 4.78 is 0. The average molecular weight is 291 g/mol. The maximum absolute atomic E-state index is 11.2. The topological polar surface area (TPSA) is 95.1 Å². The summed E-state index contributed by atoms with van der Waals surface area (Å²) >= 11 is 0. The first kappa shape index (κ1) is 13.8. The first-order chi connectivity index (χ1) is 10.2. The van der Waals surface area contributed by atoms with E-state index >= 15 is 0 Å². The molecule has 1 atom stereocenters. The zero-order valence-corrected chi connectivity index (χ0v) is 12.2. The van der Waals surface area contributed by atoms with Gasteiger partial charge in [0.05, 0.1) is 0 Å². The van der Waals surface area contributed by atoms with Gasteiger partial charge in [0.2, 0.25) is 23.8 Å². The fraction of sp³-hybridized carbons (Fsp3) is 0.692. The van der Waals surface area contributed by atoms with Crippen LogP contribution in [0.1, 0.15) is 25.7 Å². The number of carbonyl (C=O) groups is 1. The lowest BCUT2D eigenvalue weighted by Gasteiger charge is -2.24. The molecule has 114 valence electrons. The second kappa shape index (κ2) is 6.11. The largest absolute Gasteiger partial charge is 0.357 e. The number of carbonyl (C=O) groups excluding carboxylic acids is 1. The first-order valence-corrected chi connectivity index (χ1v) is 7.46. The second-order valence-electron chi connectivity index (χ2n) is 5.41. The van der Waals surface area contributed by atoms with Crippen LogP contribution in [0.3, 0.4) is 0 Å². The summed E-state index contributed by atoms with van der Waals surface area (Å²) in [5.74, 6) is 1.96. The zero-order chi connectivity index (χ0) is 14.7. The van der Waals surface area contributed by atoms with Crippen LogP contribution < -0.4 is 20.9 Å². The molecule has 1 aromatic heterocycles. The Morgan fingerprint density at radius 1 is 1.19 bits per heavy atom. The van der Waals surface area contributed by atoms with Gasteiger partial charge in [-0.1, -0.05) is 0 Å². The first-order valence-electron chi connectivity index (χ1n) is 7.46. The lowest BCUT2D eigenvalue weighted by Crippen LogP contribution is -2.42. The third-order valence-corrected chi connectivity index (χ3v) is 3.83. The van der Waals surface area contributed by atoms with Crippen LogP contribution >= 0.6 is 0 Å². The maximum Gasteiger partial charge on any atom is 0.231 e. The van der Waals surface area contributed by atoms with Crippen molar-refractivity contribution in [2.75, 3.05) is 42.2 Å². The molecule has 2 saturated heterocycles. The van der Waals surface area contributed by atoms with Crippen molar-refractivity contribution in [1.29, 1.82) is 0 Å². The Kier molecular flexibility index (Phi) is 4.03. The van der Waals surface area contributed by atoms with Crippen LogP contribution in [0, 0.1) is 0 Å². The molecule has 3 rings (SSSR count). The van der Waals surface area contributed by atoms with Crippen molar-refractivity contribution in [3.63, 3.8) is 0 Å². The Hall–Kier alpha value is -2.12. The number of rotatable bonds is 4. The second-order valence-corrected chi connectivity index (χ2v) is 5.41. The molecule has 3 N–H and O–H groups in total. The van der Waals surface area contributed by atoms with E-state index in [-0.39, 0.29) is 11.9 Å². The van der Waals surface area contributed by atoms with E-state index in [2.05, 4.69) is 35.8 Å². The van der Waals surface area contributed by atoms with E-state index in [4.69, 9.17) is 0 Å². The van der Waals surface area contributed by atoms with Crippen LogP contribution in [0.5, 0.6) is 0 Å². The smallest absolute Gasteiger partial charge is 0.231 e. The van der Waals surface area contributed by atoms with Gasteiger partial charge >= 0.3 is 0 Å². The fourth-order valence-corrected chi connectivity index (χ4v) is 2.64. The highest BCUT2D eigenvalue weighted by Crippen LogP contribution is 2.19. The van der Waals surface area contributed by atoms with Crippen molar-refractivity contribution in [3.05, 3.63) is 0 Å². The molecule has 8 heteroatoms. The number of hydrogen-bond acceptors (Lipinski definition) is 7. The Labute approximate surface area is 123 Å². The zero-order valence-electron chi connectivity index (χ0n) is 12.2. The standard InChI is InChI=1S/C13H21N7O/c1-14-11-17-12(16-9-4-5-10(21)15-8-9)19-13(18-11)20-6-2-3-7-20/h9H,2-8H2,1H3,(H,15,21)(H2,14,16,17,18,19). The van der Waals surface area contributed by atoms with Gasteiger partial charge in [-0.15, -0.1) is 0 Å². The summed E-state index contributed by atoms with van der Waals surface area (Å²) in [6, 6.07) is 0.168. The van der Waals surface area contributed by atoms with Crippen molar-refractivity contribution >= 4 is 23.8 Å². The number of aromatic nitrogens is 3. The summed E-state index contributed by atoms with van der Waals surface area (Å²) in [4.78, 5) is 26.7. The van der Waals surface area contributed by atoms with Gasteiger partial charge in [-0.2, -0.15) is 15.0 Å². The molecule has 2 aliphatic rings. The minimum atomic E-state index is 0.109. The predicted octanol–water partition coefficient (Wildman–Crippen LogP) is 0.204. The highest BCUT2D eigenvalue weighted by Gasteiger charge is 2.21. The van der Waals surface area contributed by atoms with Gasteiger partial charge in [-0.05, 0) is 19.3 Å². The summed E-state index contributed by atoms with van der Waals surface area (Å²) in [6.45, 7) is 2.59. The molecule has 0 bridgehead atoms. The van der Waals surface area contributed by atoms with Crippen LogP contribution in [0.4, 0.5) is 17.8 Å². The fourth-order valence-electron chi connectivity index (χ4n) is 2.64. The summed E-state index contributed by atoms with van der Waals surface area (Å²) in [5.41, 5.74) is 0. The molecule has 3 heterocycles. The van der Waals surface area contributed by atoms with E-state index in [1.165, 1.54) is 12.8 Å². The summed E-state index contributed by atoms with van der Waals surface area (Å²) in [7, 11) is 1.80. The number of amides is 1.